The molecule has 1 aliphatic rings. The van der Waals surface area contributed by atoms with Gasteiger partial charge >= 0.3 is 0 Å². The average Bonchev–Trinajstić information content (AvgIpc) is 2.46. The smallest absolute Gasteiger partial charge is 0.0892 e. The zero-order chi connectivity index (χ0) is 13.1. The lowest BCUT2D eigenvalue weighted by Crippen LogP contribution is -2.39. The maximum atomic E-state index is 6.09. The normalized spacial score (nSPS) is 23.6. The average molecular weight is 256 g/mol. The van der Waals surface area contributed by atoms with E-state index in [1.54, 1.807) is 0 Å². The van der Waals surface area contributed by atoms with Gasteiger partial charge in [0.05, 0.1) is 23.9 Å². The first-order valence-corrected chi connectivity index (χ1v) is 7.05. The first kappa shape index (κ1) is 12.6. The Morgan fingerprint density at radius 1 is 1.11 bits per heavy atom. The lowest BCUT2D eigenvalue weighted by molar-refractivity contribution is 0.00268. The van der Waals surface area contributed by atoms with Crippen molar-refractivity contribution in [1.82, 2.24) is 4.98 Å². The van der Waals surface area contributed by atoms with Crippen LogP contribution in [-0.2, 0) is 11.3 Å². The van der Waals surface area contributed by atoms with Crippen molar-refractivity contribution in [3.63, 3.8) is 0 Å². The van der Waals surface area contributed by atoms with Gasteiger partial charge in [-0.1, -0.05) is 37.1 Å². The van der Waals surface area contributed by atoms with E-state index in [0.29, 0.717) is 6.61 Å². The quantitative estimate of drug-likeness (QED) is 0.918. The third kappa shape index (κ3) is 2.94. The molecule has 2 aromatic rings. The van der Waals surface area contributed by atoms with Gasteiger partial charge in [0.15, 0.2) is 0 Å². The number of para-hydroxylation sites is 1. The lowest BCUT2D eigenvalue weighted by Gasteiger charge is -2.28. The van der Waals surface area contributed by atoms with Gasteiger partial charge in [-0.15, -0.1) is 0 Å². The van der Waals surface area contributed by atoms with Gasteiger partial charge in [0, 0.05) is 11.4 Å². The lowest BCUT2D eigenvalue weighted by atomic mass is 9.93. The fourth-order valence-corrected chi connectivity index (χ4v) is 2.71. The molecule has 3 heteroatoms. The second-order valence-corrected chi connectivity index (χ2v) is 5.29. The minimum Gasteiger partial charge on any atom is -0.370 e. The van der Waals surface area contributed by atoms with Gasteiger partial charge in [-0.25, -0.2) is 0 Å². The summed E-state index contributed by atoms with van der Waals surface area (Å²) in [6.45, 7) is 0.559. The summed E-state index contributed by atoms with van der Waals surface area (Å²) in [7, 11) is 0. The molecule has 1 aromatic carbocycles. The summed E-state index contributed by atoms with van der Waals surface area (Å²) in [6, 6.07) is 12.5. The van der Waals surface area contributed by atoms with E-state index in [0.717, 1.165) is 24.1 Å². The molecule has 1 saturated carbocycles. The molecule has 0 amide bonds. The van der Waals surface area contributed by atoms with E-state index >= 15 is 0 Å². The predicted molar refractivity (Wildman–Crippen MR) is 76.8 cm³/mol. The van der Waals surface area contributed by atoms with E-state index < -0.39 is 0 Å². The second-order valence-electron chi connectivity index (χ2n) is 5.29. The summed E-state index contributed by atoms with van der Waals surface area (Å²) in [6.07, 6.45) is 4.81. The highest BCUT2D eigenvalue weighted by molar-refractivity contribution is 5.78. The SMILES string of the molecule is NC1CCCCC1OCc1ccc2ccccc2n1. The molecular weight excluding hydrogens is 236 g/mol. The van der Waals surface area contributed by atoms with Crippen LogP contribution in [0.15, 0.2) is 36.4 Å². The van der Waals surface area contributed by atoms with Crippen molar-refractivity contribution in [3.05, 3.63) is 42.1 Å². The molecule has 19 heavy (non-hydrogen) atoms. The molecule has 3 nitrogen and oxygen atoms in total. The molecule has 100 valence electrons. The summed E-state index contributed by atoms with van der Waals surface area (Å²) < 4.78 is 5.94. The fourth-order valence-electron chi connectivity index (χ4n) is 2.71. The highest BCUT2D eigenvalue weighted by Gasteiger charge is 2.22. The van der Waals surface area contributed by atoms with Gasteiger partial charge in [-0.05, 0) is 25.0 Å². The number of nitrogens with two attached hydrogens (primary N) is 1. The van der Waals surface area contributed by atoms with Crippen molar-refractivity contribution >= 4 is 10.9 Å². The van der Waals surface area contributed by atoms with Crippen LogP contribution < -0.4 is 5.73 Å². The van der Waals surface area contributed by atoms with Crippen LogP contribution in [0.25, 0.3) is 10.9 Å². The van der Waals surface area contributed by atoms with Crippen molar-refractivity contribution in [3.8, 4) is 0 Å². The number of aromatic nitrogens is 1. The number of rotatable bonds is 3. The molecule has 2 atom stereocenters. The number of hydrogen-bond donors (Lipinski definition) is 1. The van der Waals surface area contributed by atoms with E-state index in [1.807, 2.05) is 24.3 Å². The molecular formula is C16H20N2O. The van der Waals surface area contributed by atoms with Gasteiger partial charge in [0.25, 0.3) is 0 Å². The molecule has 2 unspecified atom stereocenters. The summed E-state index contributed by atoms with van der Waals surface area (Å²) in [5.74, 6) is 0. The number of hydrogen-bond acceptors (Lipinski definition) is 3. The van der Waals surface area contributed by atoms with Crippen molar-refractivity contribution in [2.24, 2.45) is 5.73 Å². The van der Waals surface area contributed by atoms with Crippen LogP contribution in [0.1, 0.15) is 31.4 Å². The van der Waals surface area contributed by atoms with Gasteiger partial charge in [-0.3, -0.25) is 4.98 Å². The van der Waals surface area contributed by atoms with E-state index in [-0.39, 0.29) is 12.1 Å². The van der Waals surface area contributed by atoms with Gasteiger partial charge in [0.1, 0.15) is 0 Å². The van der Waals surface area contributed by atoms with Crippen LogP contribution in [0.5, 0.6) is 0 Å². The Kier molecular flexibility index (Phi) is 3.76. The third-order valence-electron chi connectivity index (χ3n) is 3.86. The van der Waals surface area contributed by atoms with Crippen LogP contribution >= 0.6 is 0 Å². The van der Waals surface area contributed by atoms with Gasteiger partial charge in [-0.2, -0.15) is 0 Å². The summed E-state index contributed by atoms with van der Waals surface area (Å²) in [5, 5.41) is 1.17. The van der Waals surface area contributed by atoms with Crippen LogP contribution in [0, 0.1) is 0 Å². The molecule has 1 heterocycles. The molecule has 0 saturated heterocycles. The summed E-state index contributed by atoms with van der Waals surface area (Å²) in [4.78, 5) is 4.62. The largest absolute Gasteiger partial charge is 0.370 e. The molecule has 2 N–H and O–H groups in total. The van der Waals surface area contributed by atoms with Crippen LogP contribution in [-0.4, -0.2) is 17.1 Å². The van der Waals surface area contributed by atoms with Crippen molar-refractivity contribution < 1.29 is 4.74 Å². The molecule has 0 bridgehead atoms. The van der Waals surface area contributed by atoms with Crippen LogP contribution in [0.2, 0.25) is 0 Å². The molecule has 1 fully saturated rings. The Bertz CT molecular complexity index is 555. The second kappa shape index (κ2) is 5.68. The highest BCUT2D eigenvalue weighted by atomic mass is 16.5. The topological polar surface area (TPSA) is 48.1 Å². The van der Waals surface area contributed by atoms with Crippen molar-refractivity contribution in [1.29, 1.82) is 0 Å². The van der Waals surface area contributed by atoms with E-state index in [4.69, 9.17) is 10.5 Å². The van der Waals surface area contributed by atoms with Gasteiger partial charge in [0.2, 0.25) is 0 Å². The zero-order valence-electron chi connectivity index (χ0n) is 11.1. The fraction of sp³-hybridized carbons (Fsp3) is 0.438. The van der Waals surface area contributed by atoms with E-state index in [9.17, 15) is 0 Å². The molecule has 0 radical (unpaired) electrons. The Morgan fingerprint density at radius 3 is 2.84 bits per heavy atom. The number of pyridine rings is 1. The molecule has 0 spiro atoms. The summed E-state index contributed by atoms with van der Waals surface area (Å²) in [5.41, 5.74) is 8.10. The summed E-state index contributed by atoms with van der Waals surface area (Å²) >= 11 is 0. The highest BCUT2D eigenvalue weighted by Crippen LogP contribution is 2.21. The minimum absolute atomic E-state index is 0.189. The Labute approximate surface area is 113 Å². The third-order valence-corrected chi connectivity index (χ3v) is 3.86. The molecule has 1 aliphatic carbocycles. The Balaban J connectivity index is 1.67. The molecule has 1 aromatic heterocycles. The monoisotopic (exact) mass is 256 g/mol. The maximum absolute atomic E-state index is 6.09. The Hall–Kier alpha value is -1.45. The van der Waals surface area contributed by atoms with Crippen molar-refractivity contribution in [2.75, 3.05) is 0 Å². The zero-order valence-corrected chi connectivity index (χ0v) is 11.1. The van der Waals surface area contributed by atoms with Crippen molar-refractivity contribution in [2.45, 2.75) is 44.4 Å². The van der Waals surface area contributed by atoms with Gasteiger partial charge < -0.3 is 10.5 Å². The molecule has 0 aliphatic heterocycles. The number of nitrogens with zero attached hydrogens (tertiary/aromatic N) is 1. The standard InChI is InChI=1S/C16H20N2O/c17-14-6-2-4-8-16(14)19-11-13-10-9-12-5-1-3-7-15(12)18-13/h1,3,5,7,9-10,14,16H,2,4,6,8,11,17H2. The number of benzene rings is 1. The molecule has 3 rings (SSSR count). The maximum Gasteiger partial charge on any atom is 0.0892 e. The van der Waals surface area contributed by atoms with Crippen LogP contribution in [0.3, 0.4) is 0 Å². The first-order chi connectivity index (χ1) is 9.33. The van der Waals surface area contributed by atoms with E-state index in [2.05, 4.69) is 17.1 Å². The Morgan fingerprint density at radius 2 is 1.95 bits per heavy atom. The number of ether oxygens (including phenoxy) is 1. The minimum atomic E-state index is 0.189. The van der Waals surface area contributed by atoms with E-state index in [1.165, 1.54) is 18.2 Å². The predicted octanol–water partition coefficient (Wildman–Crippen LogP) is 3.02. The first-order valence-electron chi connectivity index (χ1n) is 7.05. The van der Waals surface area contributed by atoms with Crippen LogP contribution in [0.4, 0.5) is 0 Å². The number of fused-ring (bicyclic) bond motifs is 1.